The number of nitrogens with one attached hydrogen (secondary N) is 1. The van der Waals surface area contributed by atoms with Gasteiger partial charge in [0.2, 0.25) is 15.8 Å². The number of benzene rings is 2. The zero-order chi connectivity index (χ0) is 24.3. The van der Waals surface area contributed by atoms with E-state index in [2.05, 4.69) is 4.72 Å². The minimum atomic E-state index is -3.90. The highest BCUT2D eigenvalue weighted by Crippen LogP contribution is 2.19. The maximum absolute atomic E-state index is 14.1. The summed E-state index contributed by atoms with van der Waals surface area (Å²) in [5, 5.41) is 0. The highest BCUT2D eigenvalue weighted by atomic mass is 32.2. The summed E-state index contributed by atoms with van der Waals surface area (Å²) in [6, 6.07) is 10.3. The van der Waals surface area contributed by atoms with Gasteiger partial charge < -0.3 is 9.30 Å². The second kappa shape index (κ2) is 9.63. The Kier molecular flexibility index (Phi) is 7.09. The number of sulfonamides is 1. The van der Waals surface area contributed by atoms with E-state index in [9.17, 15) is 26.8 Å². The van der Waals surface area contributed by atoms with E-state index in [1.54, 1.807) is 25.1 Å². The van der Waals surface area contributed by atoms with E-state index in [4.69, 9.17) is 4.74 Å². The molecule has 0 aliphatic rings. The highest BCUT2D eigenvalue weighted by Gasteiger charge is 2.22. The van der Waals surface area contributed by atoms with Crippen LogP contribution >= 0.6 is 0 Å². The third kappa shape index (κ3) is 5.35. The van der Waals surface area contributed by atoms with Gasteiger partial charge in [-0.1, -0.05) is 12.1 Å². The fraction of sp³-hybridized carbons (Fsp3) is 0.217. The van der Waals surface area contributed by atoms with Crippen LogP contribution in [-0.2, 0) is 21.3 Å². The van der Waals surface area contributed by atoms with Crippen LogP contribution in [0.15, 0.2) is 53.4 Å². The standard InChI is InChI=1S/C23H22F2N2O5S/c1-14-10-19(15(2)27(14)12-16-4-6-17(24)7-5-16)22(28)13-32-23(29)20-11-18(8-9-21(20)25)33(30,31)26-3/h4-11,26H,12-13H2,1-3H3. The summed E-state index contributed by atoms with van der Waals surface area (Å²) in [7, 11) is -2.71. The Bertz CT molecular complexity index is 1320. The number of rotatable bonds is 8. The number of carbonyl (C=O) groups excluding carboxylic acids is 2. The van der Waals surface area contributed by atoms with Gasteiger partial charge in [-0.15, -0.1) is 0 Å². The van der Waals surface area contributed by atoms with Crippen LogP contribution < -0.4 is 4.72 Å². The average Bonchev–Trinajstić information content (AvgIpc) is 3.07. The number of ketones is 1. The van der Waals surface area contributed by atoms with Gasteiger partial charge in [-0.25, -0.2) is 26.7 Å². The number of carbonyl (C=O) groups is 2. The van der Waals surface area contributed by atoms with Gasteiger partial charge in [0.15, 0.2) is 6.61 Å². The molecule has 0 unspecified atom stereocenters. The molecule has 1 aromatic heterocycles. The third-order valence-corrected chi connectivity index (χ3v) is 6.61. The van der Waals surface area contributed by atoms with Crippen molar-refractivity contribution in [2.45, 2.75) is 25.3 Å². The summed E-state index contributed by atoms with van der Waals surface area (Å²) >= 11 is 0. The normalized spacial score (nSPS) is 11.4. The molecule has 0 aliphatic heterocycles. The van der Waals surface area contributed by atoms with Gasteiger partial charge in [0.05, 0.1) is 10.5 Å². The summed E-state index contributed by atoms with van der Waals surface area (Å²) in [6.07, 6.45) is 0. The smallest absolute Gasteiger partial charge is 0.341 e. The first kappa shape index (κ1) is 24.3. The fourth-order valence-electron chi connectivity index (χ4n) is 3.33. The van der Waals surface area contributed by atoms with E-state index in [1.807, 2.05) is 11.5 Å². The van der Waals surface area contributed by atoms with Crippen LogP contribution in [0.4, 0.5) is 8.78 Å². The SMILES string of the molecule is CNS(=O)(=O)c1ccc(F)c(C(=O)OCC(=O)c2cc(C)n(Cc3ccc(F)cc3)c2C)c1. The number of Topliss-reactive ketones (excluding diaryl/α,β-unsaturated/α-hetero) is 1. The zero-order valence-electron chi connectivity index (χ0n) is 18.2. The summed E-state index contributed by atoms with van der Waals surface area (Å²) in [5.74, 6) is -2.97. The van der Waals surface area contributed by atoms with Crippen molar-refractivity contribution in [3.05, 3.63) is 88.2 Å². The molecule has 10 heteroatoms. The number of esters is 1. The molecule has 0 saturated heterocycles. The van der Waals surface area contributed by atoms with Gasteiger partial charge in [-0.3, -0.25) is 4.79 Å². The van der Waals surface area contributed by atoms with Crippen LogP contribution in [0, 0.1) is 25.5 Å². The van der Waals surface area contributed by atoms with Crippen LogP contribution in [0.25, 0.3) is 0 Å². The molecule has 0 saturated carbocycles. The molecule has 0 spiro atoms. The van der Waals surface area contributed by atoms with E-state index in [0.29, 0.717) is 17.8 Å². The lowest BCUT2D eigenvalue weighted by Gasteiger charge is -2.10. The largest absolute Gasteiger partial charge is 0.454 e. The van der Waals surface area contributed by atoms with Crippen LogP contribution in [0.3, 0.4) is 0 Å². The molecule has 1 heterocycles. The quantitative estimate of drug-likeness (QED) is 0.397. The van der Waals surface area contributed by atoms with E-state index in [1.165, 1.54) is 19.2 Å². The van der Waals surface area contributed by atoms with E-state index < -0.39 is 39.8 Å². The Morgan fingerprint density at radius 2 is 1.67 bits per heavy atom. The maximum Gasteiger partial charge on any atom is 0.341 e. The molecule has 33 heavy (non-hydrogen) atoms. The highest BCUT2D eigenvalue weighted by molar-refractivity contribution is 7.89. The summed E-state index contributed by atoms with van der Waals surface area (Å²) in [6.45, 7) is 3.31. The predicted molar refractivity (Wildman–Crippen MR) is 117 cm³/mol. The fourth-order valence-corrected chi connectivity index (χ4v) is 4.09. The van der Waals surface area contributed by atoms with Gasteiger partial charge in [0.25, 0.3) is 0 Å². The molecule has 1 N–H and O–H groups in total. The molecule has 3 aromatic rings. The Morgan fingerprint density at radius 1 is 1.00 bits per heavy atom. The lowest BCUT2D eigenvalue weighted by atomic mass is 10.1. The molecule has 7 nitrogen and oxygen atoms in total. The maximum atomic E-state index is 14.1. The summed E-state index contributed by atoms with van der Waals surface area (Å²) in [4.78, 5) is 24.7. The van der Waals surface area contributed by atoms with Gasteiger partial charge in [-0.2, -0.15) is 0 Å². The van der Waals surface area contributed by atoms with Gasteiger partial charge in [-0.05, 0) is 62.9 Å². The van der Waals surface area contributed by atoms with Crippen molar-refractivity contribution in [1.29, 1.82) is 0 Å². The molecule has 2 aromatic carbocycles. The number of halogens is 2. The topological polar surface area (TPSA) is 94.5 Å². The van der Waals surface area contributed by atoms with Crippen molar-refractivity contribution in [3.63, 3.8) is 0 Å². The molecule has 0 aliphatic carbocycles. The lowest BCUT2D eigenvalue weighted by molar-refractivity contribution is 0.0469. The van der Waals surface area contributed by atoms with E-state index >= 15 is 0 Å². The molecule has 0 amide bonds. The molecular formula is C23H22F2N2O5S. The first-order valence-electron chi connectivity index (χ1n) is 9.88. The van der Waals surface area contributed by atoms with Crippen molar-refractivity contribution in [3.8, 4) is 0 Å². The summed E-state index contributed by atoms with van der Waals surface area (Å²) < 4.78 is 59.9. The van der Waals surface area contributed by atoms with E-state index in [0.717, 1.165) is 29.5 Å². The molecule has 0 fully saturated rings. The molecule has 174 valence electrons. The zero-order valence-corrected chi connectivity index (χ0v) is 19.0. The second-order valence-electron chi connectivity index (χ2n) is 7.35. The number of aromatic nitrogens is 1. The van der Waals surface area contributed by atoms with Crippen molar-refractivity contribution in [2.75, 3.05) is 13.7 Å². The van der Waals surface area contributed by atoms with Gasteiger partial charge >= 0.3 is 5.97 Å². The second-order valence-corrected chi connectivity index (χ2v) is 9.23. The van der Waals surface area contributed by atoms with Gasteiger partial charge in [0, 0.05) is 23.5 Å². The Morgan fingerprint density at radius 3 is 2.30 bits per heavy atom. The number of nitrogens with zero attached hydrogens (tertiary/aromatic N) is 1. The molecular weight excluding hydrogens is 454 g/mol. The van der Waals surface area contributed by atoms with Crippen molar-refractivity contribution >= 4 is 21.8 Å². The van der Waals surface area contributed by atoms with E-state index in [-0.39, 0.29) is 10.7 Å². The van der Waals surface area contributed by atoms with Crippen LogP contribution in [-0.4, -0.2) is 38.4 Å². The number of hydrogen-bond acceptors (Lipinski definition) is 5. The van der Waals surface area contributed by atoms with Crippen LogP contribution in [0.2, 0.25) is 0 Å². The minimum absolute atomic E-state index is 0.311. The van der Waals surface area contributed by atoms with Crippen molar-refractivity contribution in [2.24, 2.45) is 0 Å². The first-order valence-corrected chi connectivity index (χ1v) is 11.4. The molecule has 3 rings (SSSR count). The lowest BCUT2D eigenvalue weighted by Crippen LogP contribution is -2.20. The number of ether oxygens (including phenoxy) is 1. The van der Waals surface area contributed by atoms with Crippen LogP contribution in [0.5, 0.6) is 0 Å². The van der Waals surface area contributed by atoms with Crippen LogP contribution in [0.1, 0.15) is 37.7 Å². The number of aryl methyl sites for hydroxylation is 1. The first-order chi connectivity index (χ1) is 15.5. The van der Waals surface area contributed by atoms with Crippen molar-refractivity contribution in [1.82, 2.24) is 9.29 Å². The van der Waals surface area contributed by atoms with Crippen molar-refractivity contribution < 1.29 is 31.5 Å². The molecule has 0 bridgehead atoms. The van der Waals surface area contributed by atoms with Gasteiger partial charge in [0.1, 0.15) is 11.6 Å². The Labute approximate surface area is 190 Å². The third-order valence-electron chi connectivity index (χ3n) is 5.20. The number of hydrogen-bond donors (Lipinski definition) is 1. The monoisotopic (exact) mass is 476 g/mol. The minimum Gasteiger partial charge on any atom is -0.454 e. The average molecular weight is 477 g/mol. The summed E-state index contributed by atoms with van der Waals surface area (Å²) in [5.41, 5.74) is 1.99. The predicted octanol–water partition coefficient (Wildman–Crippen LogP) is 3.38. The molecule has 0 radical (unpaired) electrons. The molecule has 0 atom stereocenters. The Balaban J connectivity index is 1.74. The Hall–Kier alpha value is -3.37.